The number of nitrogens with zero attached hydrogens (tertiary/aromatic N) is 3. The molecule has 1 aliphatic heterocycles. The molecule has 0 radical (unpaired) electrons. The van der Waals surface area contributed by atoms with E-state index >= 15 is 0 Å². The number of hydrogen-bond acceptors (Lipinski definition) is 5. The highest BCUT2D eigenvalue weighted by atomic mass is 32.2. The Morgan fingerprint density at radius 1 is 1.20 bits per heavy atom. The lowest BCUT2D eigenvalue weighted by Gasteiger charge is -2.34. The van der Waals surface area contributed by atoms with Crippen LogP contribution in [0.15, 0.2) is 29.4 Å². The van der Waals surface area contributed by atoms with Crippen LogP contribution in [0, 0.1) is 5.92 Å². The average molecular weight is 368 g/mol. The first kappa shape index (κ1) is 18.8. The lowest BCUT2D eigenvalue weighted by molar-refractivity contribution is -0.0160. The summed E-state index contributed by atoms with van der Waals surface area (Å²) in [6, 6.07) is 3.26. The standard InChI is InChI=1S/C18H29N3O3S/c1-16-5-2-3-7-18(16)24-14-13-20-9-11-21(12-10-20)25(22,23)17-6-4-8-19-15-17/h4,6,8,15-16,18H,2-3,5,7,9-14H2,1H3. The quantitative estimate of drug-likeness (QED) is 0.769. The number of hydrogen-bond donors (Lipinski definition) is 0. The number of sulfonamides is 1. The maximum absolute atomic E-state index is 12.6. The second kappa shape index (κ2) is 8.58. The minimum atomic E-state index is -3.42. The summed E-state index contributed by atoms with van der Waals surface area (Å²) in [6.07, 6.45) is 8.47. The van der Waals surface area contributed by atoms with Gasteiger partial charge in [0.2, 0.25) is 10.0 Å². The van der Waals surface area contributed by atoms with Crippen molar-refractivity contribution in [3.8, 4) is 0 Å². The van der Waals surface area contributed by atoms with E-state index in [-0.39, 0.29) is 4.90 Å². The third kappa shape index (κ3) is 4.78. The molecule has 0 aromatic carbocycles. The van der Waals surface area contributed by atoms with Gasteiger partial charge in [0.15, 0.2) is 0 Å². The first-order chi connectivity index (χ1) is 12.1. The van der Waals surface area contributed by atoms with Crippen molar-refractivity contribution in [1.29, 1.82) is 0 Å². The molecule has 140 valence electrons. The van der Waals surface area contributed by atoms with Gasteiger partial charge < -0.3 is 4.74 Å². The predicted octanol–water partition coefficient (Wildman–Crippen LogP) is 1.98. The van der Waals surface area contributed by atoms with Gasteiger partial charge in [-0.05, 0) is 30.9 Å². The molecule has 7 heteroatoms. The molecule has 2 aliphatic rings. The second-order valence-electron chi connectivity index (χ2n) is 7.11. The van der Waals surface area contributed by atoms with Crippen molar-refractivity contribution in [3.63, 3.8) is 0 Å². The minimum Gasteiger partial charge on any atom is -0.377 e. The summed E-state index contributed by atoms with van der Waals surface area (Å²) >= 11 is 0. The Labute approximate surface area is 151 Å². The van der Waals surface area contributed by atoms with E-state index in [2.05, 4.69) is 16.8 Å². The Balaban J connectivity index is 1.43. The summed E-state index contributed by atoms with van der Waals surface area (Å²) in [6.45, 7) is 6.46. The third-order valence-corrected chi connectivity index (χ3v) is 7.26. The van der Waals surface area contributed by atoms with Crippen LogP contribution >= 0.6 is 0 Å². The number of piperazine rings is 1. The SMILES string of the molecule is CC1CCCCC1OCCN1CCN(S(=O)(=O)c2cccnc2)CC1. The molecule has 2 unspecified atom stereocenters. The van der Waals surface area contributed by atoms with Gasteiger partial charge in [-0.15, -0.1) is 0 Å². The molecule has 1 saturated carbocycles. The van der Waals surface area contributed by atoms with Crippen molar-refractivity contribution >= 4 is 10.0 Å². The van der Waals surface area contributed by atoms with Crippen LogP contribution < -0.4 is 0 Å². The lowest BCUT2D eigenvalue weighted by Crippen LogP contribution is -2.49. The molecule has 1 aromatic heterocycles. The van der Waals surface area contributed by atoms with Gasteiger partial charge in [0.25, 0.3) is 0 Å². The van der Waals surface area contributed by atoms with Gasteiger partial charge in [-0.1, -0.05) is 19.8 Å². The monoisotopic (exact) mass is 367 g/mol. The molecule has 0 N–H and O–H groups in total. The van der Waals surface area contributed by atoms with E-state index in [1.54, 1.807) is 22.6 Å². The van der Waals surface area contributed by atoms with E-state index in [1.807, 2.05) is 0 Å². The second-order valence-corrected chi connectivity index (χ2v) is 9.04. The molecular weight excluding hydrogens is 338 g/mol. The van der Waals surface area contributed by atoms with Crippen LogP contribution in [0.2, 0.25) is 0 Å². The molecule has 0 spiro atoms. The molecule has 1 saturated heterocycles. The fourth-order valence-corrected chi connectivity index (χ4v) is 5.09. The number of pyridine rings is 1. The molecule has 2 heterocycles. The average Bonchev–Trinajstić information content (AvgIpc) is 2.64. The smallest absolute Gasteiger partial charge is 0.244 e. The summed E-state index contributed by atoms with van der Waals surface area (Å²) in [5.41, 5.74) is 0. The summed E-state index contributed by atoms with van der Waals surface area (Å²) in [5.74, 6) is 0.662. The summed E-state index contributed by atoms with van der Waals surface area (Å²) in [4.78, 5) is 6.49. The van der Waals surface area contributed by atoms with Crippen LogP contribution in [0.5, 0.6) is 0 Å². The predicted molar refractivity (Wildman–Crippen MR) is 96.8 cm³/mol. The van der Waals surface area contributed by atoms with Crippen LogP contribution in [0.4, 0.5) is 0 Å². The van der Waals surface area contributed by atoms with Gasteiger partial charge in [0, 0.05) is 45.1 Å². The van der Waals surface area contributed by atoms with Gasteiger partial charge in [0.1, 0.15) is 4.90 Å². The molecule has 1 aliphatic carbocycles. The molecule has 1 aromatic rings. The Kier molecular flexibility index (Phi) is 6.44. The fourth-order valence-electron chi connectivity index (χ4n) is 3.71. The third-order valence-electron chi connectivity index (χ3n) is 5.38. The van der Waals surface area contributed by atoms with Crippen molar-refractivity contribution in [2.45, 2.75) is 43.6 Å². The Morgan fingerprint density at radius 3 is 2.64 bits per heavy atom. The molecule has 2 atom stereocenters. The van der Waals surface area contributed by atoms with E-state index in [0.717, 1.165) is 26.2 Å². The van der Waals surface area contributed by atoms with Gasteiger partial charge >= 0.3 is 0 Å². The summed E-state index contributed by atoms with van der Waals surface area (Å²) in [5, 5.41) is 0. The van der Waals surface area contributed by atoms with Crippen molar-refractivity contribution in [2.24, 2.45) is 5.92 Å². The van der Waals surface area contributed by atoms with Crippen molar-refractivity contribution < 1.29 is 13.2 Å². The van der Waals surface area contributed by atoms with E-state index < -0.39 is 10.0 Å². The molecule has 0 amide bonds. The van der Waals surface area contributed by atoms with Gasteiger partial charge in [-0.2, -0.15) is 4.31 Å². The highest BCUT2D eigenvalue weighted by molar-refractivity contribution is 7.89. The van der Waals surface area contributed by atoms with E-state index in [0.29, 0.717) is 25.1 Å². The Morgan fingerprint density at radius 2 is 1.96 bits per heavy atom. The zero-order valence-corrected chi connectivity index (χ0v) is 15.8. The first-order valence-corrected chi connectivity index (χ1v) is 10.8. The van der Waals surface area contributed by atoms with Crippen LogP contribution in [-0.2, 0) is 14.8 Å². The van der Waals surface area contributed by atoms with Crippen LogP contribution in [0.1, 0.15) is 32.6 Å². The molecule has 0 bridgehead atoms. The van der Waals surface area contributed by atoms with E-state index in [9.17, 15) is 8.42 Å². The van der Waals surface area contributed by atoms with Gasteiger partial charge in [-0.25, -0.2) is 8.42 Å². The molecule has 25 heavy (non-hydrogen) atoms. The number of aromatic nitrogens is 1. The molecular formula is C18H29N3O3S. The molecule has 3 rings (SSSR count). The molecule has 6 nitrogen and oxygen atoms in total. The number of ether oxygens (including phenoxy) is 1. The number of rotatable bonds is 6. The first-order valence-electron chi connectivity index (χ1n) is 9.31. The van der Waals surface area contributed by atoms with Crippen LogP contribution in [0.25, 0.3) is 0 Å². The molecule has 2 fully saturated rings. The summed E-state index contributed by atoms with van der Waals surface area (Å²) < 4.78 is 32.8. The largest absolute Gasteiger partial charge is 0.377 e. The van der Waals surface area contributed by atoms with Crippen molar-refractivity contribution in [1.82, 2.24) is 14.2 Å². The van der Waals surface area contributed by atoms with Gasteiger partial charge in [0.05, 0.1) is 12.7 Å². The van der Waals surface area contributed by atoms with E-state index in [4.69, 9.17) is 4.74 Å². The van der Waals surface area contributed by atoms with E-state index in [1.165, 1.54) is 31.9 Å². The highest BCUT2D eigenvalue weighted by Gasteiger charge is 2.28. The normalized spacial score (nSPS) is 26.6. The Hall–Kier alpha value is -1.02. The lowest BCUT2D eigenvalue weighted by atomic mass is 9.88. The Bertz CT molecular complexity index is 630. The zero-order chi connectivity index (χ0) is 17.7. The van der Waals surface area contributed by atoms with Crippen molar-refractivity contribution in [3.05, 3.63) is 24.5 Å². The minimum absolute atomic E-state index is 0.276. The van der Waals surface area contributed by atoms with Crippen LogP contribution in [-0.4, -0.2) is 68.0 Å². The summed E-state index contributed by atoms with van der Waals surface area (Å²) in [7, 11) is -3.42. The van der Waals surface area contributed by atoms with Crippen LogP contribution in [0.3, 0.4) is 0 Å². The topological polar surface area (TPSA) is 62.7 Å². The highest BCUT2D eigenvalue weighted by Crippen LogP contribution is 2.26. The maximum atomic E-state index is 12.6. The van der Waals surface area contributed by atoms with Crippen molar-refractivity contribution in [2.75, 3.05) is 39.3 Å². The zero-order valence-electron chi connectivity index (χ0n) is 15.0. The maximum Gasteiger partial charge on any atom is 0.244 e. The van der Waals surface area contributed by atoms with Gasteiger partial charge in [-0.3, -0.25) is 9.88 Å². The fraction of sp³-hybridized carbons (Fsp3) is 0.722.